The largest absolute Gasteiger partial charge is 0.481 e. The maximum atomic E-state index is 12.7. The number of benzene rings is 1. The van der Waals surface area contributed by atoms with Crippen LogP contribution >= 0.6 is 23.2 Å². The van der Waals surface area contributed by atoms with Gasteiger partial charge in [-0.25, -0.2) is 4.79 Å². The van der Waals surface area contributed by atoms with Crippen LogP contribution in [0.15, 0.2) is 18.2 Å². The van der Waals surface area contributed by atoms with Crippen molar-refractivity contribution in [2.24, 2.45) is 5.92 Å². The van der Waals surface area contributed by atoms with E-state index in [9.17, 15) is 14.4 Å². The number of rotatable bonds is 4. The molecule has 2 fully saturated rings. The van der Waals surface area contributed by atoms with E-state index in [2.05, 4.69) is 10.6 Å². The van der Waals surface area contributed by atoms with Gasteiger partial charge in [0.25, 0.3) is 11.8 Å². The van der Waals surface area contributed by atoms with Crippen LogP contribution in [0.5, 0.6) is 5.75 Å². The second kappa shape index (κ2) is 7.56. The van der Waals surface area contributed by atoms with Gasteiger partial charge in [-0.15, -0.1) is 0 Å². The standard InChI is InChI=1S/C18H21Cl2N3O4/c1-10(27-14-8-12(19)7-13(20)9-14)15(24)23-5-3-11(4-6-23)18(2)16(25)21-17(26)22-18/h7-11H,3-6H2,1-2H3,(H2,21,22,25,26)/t10-,18+/m0/s1. The van der Waals surface area contributed by atoms with E-state index in [0.717, 1.165) is 0 Å². The zero-order valence-electron chi connectivity index (χ0n) is 15.1. The lowest BCUT2D eigenvalue weighted by atomic mass is 9.79. The van der Waals surface area contributed by atoms with Crippen LogP contribution in [0.2, 0.25) is 10.0 Å². The van der Waals surface area contributed by atoms with Gasteiger partial charge in [0.1, 0.15) is 11.3 Å². The summed E-state index contributed by atoms with van der Waals surface area (Å²) in [6.07, 6.45) is 0.540. The van der Waals surface area contributed by atoms with Crippen LogP contribution in [0.25, 0.3) is 0 Å². The van der Waals surface area contributed by atoms with Crippen molar-refractivity contribution in [1.29, 1.82) is 0 Å². The monoisotopic (exact) mass is 413 g/mol. The van der Waals surface area contributed by atoms with Crippen molar-refractivity contribution >= 4 is 41.0 Å². The SMILES string of the molecule is C[C@H](Oc1cc(Cl)cc(Cl)c1)C(=O)N1CCC([C@@]2(C)NC(=O)NC2=O)CC1. The summed E-state index contributed by atoms with van der Waals surface area (Å²) in [4.78, 5) is 37.9. The first-order valence-corrected chi connectivity index (χ1v) is 9.50. The normalized spacial score (nSPS) is 24.4. The molecule has 3 rings (SSSR count). The number of imide groups is 1. The molecule has 2 N–H and O–H groups in total. The summed E-state index contributed by atoms with van der Waals surface area (Å²) in [6.45, 7) is 4.39. The van der Waals surface area contributed by atoms with Crippen molar-refractivity contribution in [3.63, 3.8) is 0 Å². The molecule has 2 aliphatic rings. The highest BCUT2D eigenvalue weighted by Crippen LogP contribution is 2.31. The maximum Gasteiger partial charge on any atom is 0.322 e. The molecular formula is C18H21Cl2N3O4. The first kappa shape index (κ1) is 19.8. The summed E-state index contributed by atoms with van der Waals surface area (Å²) < 4.78 is 5.69. The topological polar surface area (TPSA) is 87.7 Å². The van der Waals surface area contributed by atoms with E-state index in [1.165, 1.54) is 0 Å². The summed E-state index contributed by atoms with van der Waals surface area (Å²) in [5.74, 6) is -0.0570. The molecule has 4 amide bonds. The molecule has 0 unspecified atom stereocenters. The van der Waals surface area contributed by atoms with Gasteiger partial charge < -0.3 is 15.0 Å². The molecule has 7 nitrogen and oxygen atoms in total. The highest BCUT2D eigenvalue weighted by Gasteiger charge is 2.48. The Morgan fingerprint density at radius 2 is 1.81 bits per heavy atom. The number of ether oxygens (including phenoxy) is 1. The number of hydrogen-bond acceptors (Lipinski definition) is 4. The lowest BCUT2D eigenvalue weighted by Gasteiger charge is -2.39. The molecule has 1 aromatic carbocycles. The lowest BCUT2D eigenvalue weighted by molar-refractivity contribution is -0.140. The fourth-order valence-electron chi connectivity index (χ4n) is 3.63. The first-order chi connectivity index (χ1) is 12.7. The predicted molar refractivity (Wildman–Crippen MR) is 101 cm³/mol. The van der Waals surface area contributed by atoms with Gasteiger partial charge in [-0.2, -0.15) is 0 Å². The molecule has 0 bridgehead atoms. The third-order valence-electron chi connectivity index (χ3n) is 5.19. The lowest BCUT2D eigenvalue weighted by Crippen LogP contribution is -2.55. The van der Waals surface area contributed by atoms with E-state index in [1.54, 1.807) is 36.9 Å². The Balaban J connectivity index is 1.58. The molecule has 0 radical (unpaired) electrons. The fourth-order valence-corrected chi connectivity index (χ4v) is 4.14. The number of piperidine rings is 1. The first-order valence-electron chi connectivity index (χ1n) is 8.74. The number of hydrogen-bond donors (Lipinski definition) is 2. The number of urea groups is 1. The van der Waals surface area contributed by atoms with Crippen molar-refractivity contribution in [2.45, 2.75) is 38.3 Å². The van der Waals surface area contributed by atoms with Crippen LogP contribution < -0.4 is 15.4 Å². The minimum atomic E-state index is -0.925. The zero-order valence-corrected chi connectivity index (χ0v) is 16.6. The summed E-state index contributed by atoms with van der Waals surface area (Å²) in [5, 5.41) is 5.86. The molecule has 0 saturated carbocycles. The summed E-state index contributed by atoms with van der Waals surface area (Å²) in [5.41, 5.74) is -0.925. The number of likely N-dealkylation sites (tertiary alicyclic amines) is 1. The van der Waals surface area contributed by atoms with E-state index in [4.69, 9.17) is 27.9 Å². The van der Waals surface area contributed by atoms with Crippen LogP contribution in [0.3, 0.4) is 0 Å². The van der Waals surface area contributed by atoms with Gasteiger partial charge in [0.2, 0.25) is 0 Å². The average Bonchev–Trinajstić information content (AvgIpc) is 2.86. The number of nitrogens with zero attached hydrogens (tertiary/aromatic N) is 1. The van der Waals surface area contributed by atoms with E-state index in [0.29, 0.717) is 41.7 Å². The van der Waals surface area contributed by atoms with Gasteiger partial charge in [-0.3, -0.25) is 14.9 Å². The van der Waals surface area contributed by atoms with E-state index < -0.39 is 17.7 Å². The molecule has 0 aromatic heterocycles. The molecule has 9 heteroatoms. The Labute approximate surface area is 167 Å². The molecule has 0 spiro atoms. The smallest absolute Gasteiger partial charge is 0.322 e. The number of carbonyl (C=O) groups is 3. The highest BCUT2D eigenvalue weighted by molar-refractivity contribution is 6.34. The summed E-state index contributed by atoms with van der Waals surface area (Å²) in [7, 11) is 0. The van der Waals surface area contributed by atoms with Crippen LogP contribution in [0, 0.1) is 5.92 Å². The van der Waals surface area contributed by atoms with Gasteiger partial charge >= 0.3 is 6.03 Å². The Bertz CT molecular complexity index is 760. The zero-order chi connectivity index (χ0) is 19.8. The number of halogens is 2. The molecule has 146 valence electrons. The van der Waals surface area contributed by atoms with Crippen LogP contribution in [0.1, 0.15) is 26.7 Å². The van der Waals surface area contributed by atoms with Crippen LogP contribution in [0.4, 0.5) is 4.79 Å². The average molecular weight is 414 g/mol. The minimum Gasteiger partial charge on any atom is -0.481 e. The molecule has 2 aliphatic heterocycles. The van der Waals surface area contributed by atoms with Gasteiger partial charge in [-0.05, 0) is 50.8 Å². The van der Waals surface area contributed by atoms with Crippen molar-refractivity contribution in [2.75, 3.05) is 13.1 Å². The minimum absolute atomic E-state index is 0.0315. The Hall–Kier alpha value is -1.99. The predicted octanol–water partition coefficient (Wildman–Crippen LogP) is 2.60. The van der Waals surface area contributed by atoms with Crippen LogP contribution in [-0.4, -0.2) is 47.5 Å². The van der Waals surface area contributed by atoms with Crippen molar-refractivity contribution in [3.8, 4) is 5.75 Å². The number of nitrogens with one attached hydrogen (secondary N) is 2. The molecule has 2 heterocycles. The van der Waals surface area contributed by atoms with Gasteiger partial charge in [0.05, 0.1) is 0 Å². The quantitative estimate of drug-likeness (QED) is 0.742. The van der Waals surface area contributed by atoms with Crippen molar-refractivity contribution < 1.29 is 19.1 Å². The van der Waals surface area contributed by atoms with E-state index in [1.807, 2.05) is 0 Å². The molecule has 2 atom stereocenters. The fraction of sp³-hybridized carbons (Fsp3) is 0.500. The summed E-state index contributed by atoms with van der Waals surface area (Å²) >= 11 is 11.9. The Morgan fingerprint density at radius 3 is 2.33 bits per heavy atom. The second-order valence-corrected chi connectivity index (χ2v) is 7.95. The number of amides is 4. The molecule has 0 aliphatic carbocycles. The summed E-state index contributed by atoms with van der Waals surface area (Å²) in [6, 6.07) is 4.33. The van der Waals surface area contributed by atoms with Gasteiger partial charge in [0, 0.05) is 23.1 Å². The van der Waals surface area contributed by atoms with Gasteiger partial charge in [0.15, 0.2) is 6.10 Å². The third-order valence-corrected chi connectivity index (χ3v) is 5.63. The van der Waals surface area contributed by atoms with Crippen molar-refractivity contribution in [1.82, 2.24) is 15.5 Å². The number of carbonyl (C=O) groups excluding carboxylic acids is 3. The maximum absolute atomic E-state index is 12.7. The molecular weight excluding hydrogens is 393 g/mol. The van der Waals surface area contributed by atoms with Crippen LogP contribution in [-0.2, 0) is 9.59 Å². The van der Waals surface area contributed by atoms with Gasteiger partial charge in [-0.1, -0.05) is 23.2 Å². The molecule has 2 saturated heterocycles. The van der Waals surface area contributed by atoms with E-state index >= 15 is 0 Å². The Kier molecular flexibility index (Phi) is 5.53. The van der Waals surface area contributed by atoms with Crippen molar-refractivity contribution in [3.05, 3.63) is 28.2 Å². The Morgan fingerprint density at radius 1 is 1.22 bits per heavy atom. The second-order valence-electron chi connectivity index (χ2n) is 7.08. The third kappa shape index (κ3) is 4.14. The van der Waals surface area contributed by atoms with E-state index in [-0.39, 0.29) is 17.7 Å². The molecule has 1 aromatic rings. The highest BCUT2D eigenvalue weighted by atomic mass is 35.5. The molecule has 27 heavy (non-hydrogen) atoms.